The quantitative estimate of drug-likeness (QED) is 0.0756. The second-order valence-electron chi connectivity index (χ2n) is 8.51. The van der Waals surface area contributed by atoms with Crippen LogP contribution in [0.3, 0.4) is 0 Å². The summed E-state index contributed by atoms with van der Waals surface area (Å²) in [5.74, 6) is -1.60. The van der Waals surface area contributed by atoms with Gasteiger partial charge in [-0.1, -0.05) is 31.1 Å². The van der Waals surface area contributed by atoms with Crippen molar-refractivity contribution in [1.82, 2.24) is 16.0 Å². The van der Waals surface area contributed by atoms with E-state index in [2.05, 4.69) is 31.3 Å². The molecule has 14 heteroatoms. The Kier molecular flexibility index (Phi) is 14.8. The zero-order valence-electron chi connectivity index (χ0n) is 21.2. The van der Waals surface area contributed by atoms with Crippen molar-refractivity contribution in [3.63, 3.8) is 0 Å². The molecule has 0 aromatic heterocycles. The molecular weight excluding hydrogens is 482 g/mol. The van der Waals surface area contributed by atoms with Crippen LogP contribution < -0.4 is 32.7 Å². The van der Waals surface area contributed by atoms with Crippen LogP contribution in [0.1, 0.15) is 38.7 Å². The number of carbonyl (C=O) groups excluding carboxylic acids is 4. The fourth-order valence-electron chi connectivity index (χ4n) is 3.22. The number of nitrogens with zero attached hydrogens (tertiary/aromatic N) is 3. The normalized spacial score (nSPS) is 12.1. The molecule has 0 heterocycles. The Balaban J connectivity index is 2.87. The molecule has 0 saturated carbocycles. The summed E-state index contributed by atoms with van der Waals surface area (Å²) in [5, 5.41) is 14.1. The van der Waals surface area contributed by atoms with E-state index in [4.69, 9.17) is 21.7 Å². The van der Waals surface area contributed by atoms with Crippen molar-refractivity contribution >= 4 is 29.4 Å². The zero-order chi connectivity index (χ0) is 27.6. The molecular formula is C23H37N9O5. The molecule has 0 unspecified atom stereocenters. The molecule has 2 atom stereocenters. The van der Waals surface area contributed by atoms with Gasteiger partial charge in [0, 0.05) is 30.1 Å². The molecule has 204 valence electrons. The maximum absolute atomic E-state index is 13.1. The summed E-state index contributed by atoms with van der Waals surface area (Å²) < 4.78 is 5.21. The molecule has 1 rings (SSSR count). The van der Waals surface area contributed by atoms with E-state index < -0.39 is 29.9 Å². The first-order valence-electron chi connectivity index (χ1n) is 12.0. The number of nitrogens with one attached hydrogen (secondary N) is 4. The van der Waals surface area contributed by atoms with Crippen LogP contribution in [0.25, 0.3) is 10.4 Å². The average molecular weight is 520 g/mol. The lowest BCUT2D eigenvalue weighted by atomic mass is 10.0. The minimum atomic E-state index is -0.948. The maximum Gasteiger partial charge on any atom is 0.312 e. The third kappa shape index (κ3) is 13.1. The van der Waals surface area contributed by atoms with Gasteiger partial charge in [0.1, 0.15) is 12.1 Å². The molecule has 37 heavy (non-hydrogen) atoms. The Morgan fingerprint density at radius 3 is 2.38 bits per heavy atom. The van der Waals surface area contributed by atoms with Crippen LogP contribution in [0.15, 0.2) is 29.4 Å². The first-order valence-corrected chi connectivity index (χ1v) is 12.0. The second kappa shape index (κ2) is 17.5. The van der Waals surface area contributed by atoms with Crippen LogP contribution in [0.4, 0.5) is 10.5 Å². The van der Waals surface area contributed by atoms with Crippen molar-refractivity contribution in [2.24, 2.45) is 22.5 Å². The van der Waals surface area contributed by atoms with Crippen LogP contribution >= 0.6 is 0 Å². The summed E-state index contributed by atoms with van der Waals surface area (Å²) in [4.78, 5) is 52.1. The minimum absolute atomic E-state index is 0.0644. The van der Waals surface area contributed by atoms with E-state index in [0.29, 0.717) is 25.3 Å². The Morgan fingerprint density at radius 1 is 1.08 bits per heavy atom. The van der Waals surface area contributed by atoms with Crippen LogP contribution in [0, 0.1) is 5.92 Å². The number of azide groups is 1. The molecule has 0 spiro atoms. The number of hydrogen-bond donors (Lipinski definition) is 6. The molecule has 5 amide bonds. The Morgan fingerprint density at radius 2 is 1.78 bits per heavy atom. The molecule has 1 aromatic carbocycles. The molecule has 0 bridgehead atoms. The standard InChI is InChI=1S/C23H37N9O5/c1-15(2)20(31-19(33)9-12-37-13-10-24)22(35)30-18(4-3-11-27-23(25)36)21(34)29-17-7-5-16(6-8-17)14-28-32-26/h5-8,15,18,20H,3-4,9-14,24H2,1-2H3,(H,29,34)(H,30,35)(H,31,33)(H3,25,27,36)/t18-,20-/m0/s1. The zero-order valence-corrected chi connectivity index (χ0v) is 21.2. The Hall–Kier alpha value is -3.87. The smallest absolute Gasteiger partial charge is 0.312 e. The summed E-state index contributed by atoms with van der Waals surface area (Å²) in [6.45, 7) is 4.80. The van der Waals surface area contributed by atoms with E-state index in [-0.39, 0.29) is 44.4 Å². The number of rotatable bonds is 17. The summed E-state index contributed by atoms with van der Waals surface area (Å²) in [7, 11) is 0. The number of anilines is 1. The molecule has 14 nitrogen and oxygen atoms in total. The van der Waals surface area contributed by atoms with E-state index in [1.54, 1.807) is 38.1 Å². The van der Waals surface area contributed by atoms with Gasteiger partial charge in [0.2, 0.25) is 17.7 Å². The lowest BCUT2D eigenvalue weighted by Gasteiger charge is -2.25. The number of primary amides is 1. The van der Waals surface area contributed by atoms with Gasteiger partial charge in [0.25, 0.3) is 0 Å². The lowest BCUT2D eigenvalue weighted by Crippen LogP contribution is -2.54. The van der Waals surface area contributed by atoms with Gasteiger partial charge in [-0.2, -0.15) is 0 Å². The Bertz CT molecular complexity index is 933. The van der Waals surface area contributed by atoms with Gasteiger partial charge in [-0.25, -0.2) is 4.79 Å². The molecule has 0 radical (unpaired) electrons. The third-order valence-electron chi connectivity index (χ3n) is 5.14. The molecule has 0 aliphatic carbocycles. The van der Waals surface area contributed by atoms with E-state index in [9.17, 15) is 19.2 Å². The predicted octanol–water partition coefficient (Wildman–Crippen LogP) is 0.875. The van der Waals surface area contributed by atoms with Crippen LogP contribution in [-0.2, 0) is 25.7 Å². The molecule has 0 saturated heterocycles. The first-order chi connectivity index (χ1) is 17.7. The van der Waals surface area contributed by atoms with Gasteiger partial charge < -0.3 is 37.5 Å². The highest BCUT2D eigenvalue weighted by molar-refractivity contribution is 5.98. The topological polar surface area (TPSA) is 226 Å². The SMILES string of the molecule is CC(C)[C@H](NC(=O)CCOCCN)C(=O)N[C@@H](CCCNC(N)=O)C(=O)Nc1ccc(CN=[N+]=[N-])cc1. The van der Waals surface area contributed by atoms with Gasteiger partial charge in [-0.3, -0.25) is 14.4 Å². The van der Waals surface area contributed by atoms with Crippen molar-refractivity contribution in [2.45, 2.75) is 51.7 Å². The van der Waals surface area contributed by atoms with Gasteiger partial charge in [-0.15, -0.1) is 0 Å². The number of ether oxygens (including phenoxy) is 1. The predicted molar refractivity (Wildman–Crippen MR) is 138 cm³/mol. The van der Waals surface area contributed by atoms with Gasteiger partial charge >= 0.3 is 6.03 Å². The molecule has 0 aliphatic rings. The van der Waals surface area contributed by atoms with E-state index >= 15 is 0 Å². The number of amides is 5. The number of benzene rings is 1. The average Bonchev–Trinajstić information content (AvgIpc) is 2.86. The summed E-state index contributed by atoms with van der Waals surface area (Å²) >= 11 is 0. The van der Waals surface area contributed by atoms with E-state index in [1.807, 2.05) is 0 Å². The van der Waals surface area contributed by atoms with E-state index in [0.717, 1.165) is 5.56 Å². The van der Waals surface area contributed by atoms with Crippen molar-refractivity contribution < 1.29 is 23.9 Å². The highest BCUT2D eigenvalue weighted by Gasteiger charge is 2.28. The molecule has 8 N–H and O–H groups in total. The van der Waals surface area contributed by atoms with Crippen molar-refractivity contribution in [3.05, 3.63) is 40.3 Å². The van der Waals surface area contributed by atoms with Crippen LogP contribution in [0.5, 0.6) is 0 Å². The Labute approximate surface area is 215 Å². The van der Waals surface area contributed by atoms with Crippen LogP contribution in [0.2, 0.25) is 0 Å². The maximum atomic E-state index is 13.1. The summed E-state index contributed by atoms with van der Waals surface area (Å²) in [5.41, 5.74) is 20.1. The number of hydrogen-bond acceptors (Lipinski definition) is 7. The molecule has 1 aromatic rings. The summed E-state index contributed by atoms with van der Waals surface area (Å²) in [6, 6.07) is 4.20. The molecule has 0 aliphatic heterocycles. The van der Waals surface area contributed by atoms with Crippen LogP contribution in [-0.4, -0.2) is 62.1 Å². The van der Waals surface area contributed by atoms with Crippen molar-refractivity contribution in [1.29, 1.82) is 0 Å². The van der Waals surface area contributed by atoms with Gasteiger partial charge in [-0.05, 0) is 42.0 Å². The fourth-order valence-corrected chi connectivity index (χ4v) is 3.22. The highest BCUT2D eigenvalue weighted by Crippen LogP contribution is 2.12. The third-order valence-corrected chi connectivity index (χ3v) is 5.14. The monoisotopic (exact) mass is 519 g/mol. The number of urea groups is 1. The summed E-state index contributed by atoms with van der Waals surface area (Å²) in [6.07, 6.45) is 0.636. The number of carbonyl (C=O) groups is 4. The molecule has 0 fully saturated rings. The van der Waals surface area contributed by atoms with Crippen molar-refractivity contribution in [3.8, 4) is 0 Å². The minimum Gasteiger partial charge on any atom is -0.380 e. The largest absolute Gasteiger partial charge is 0.380 e. The van der Waals surface area contributed by atoms with Gasteiger partial charge in [0.15, 0.2) is 0 Å². The fraction of sp³-hybridized carbons (Fsp3) is 0.565. The number of nitrogens with two attached hydrogens (primary N) is 2. The van der Waals surface area contributed by atoms with Gasteiger partial charge in [0.05, 0.1) is 19.8 Å². The highest BCUT2D eigenvalue weighted by atomic mass is 16.5. The first kappa shape index (κ1) is 31.2. The van der Waals surface area contributed by atoms with Crippen molar-refractivity contribution in [2.75, 3.05) is 31.6 Å². The lowest BCUT2D eigenvalue weighted by molar-refractivity contribution is -0.132. The van der Waals surface area contributed by atoms with E-state index in [1.165, 1.54) is 0 Å². The second-order valence-corrected chi connectivity index (χ2v) is 8.51.